The van der Waals surface area contributed by atoms with E-state index in [1.807, 2.05) is 12.1 Å². The lowest BCUT2D eigenvalue weighted by molar-refractivity contribution is 0.0868. The van der Waals surface area contributed by atoms with Gasteiger partial charge in [0.1, 0.15) is 5.75 Å². The number of para-hydroxylation sites is 2. The zero-order valence-corrected chi connectivity index (χ0v) is 13.8. The van der Waals surface area contributed by atoms with Crippen molar-refractivity contribution >= 4 is 18.3 Å². The van der Waals surface area contributed by atoms with Gasteiger partial charge in [-0.25, -0.2) is 0 Å². The summed E-state index contributed by atoms with van der Waals surface area (Å²) in [5.41, 5.74) is 1.74. The van der Waals surface area contributed by atoms with Crippen LogP contribution in [0.3, 0.4) is 0 Å². The molecule has 21 heavy (non-hydrogen) atoms. The zero-order valence-electron chi connectivity index (χ0n) is 12.9. The zero-order chi connectivity index (χ0) is 14.7. The molecular formula is C17H26N2OS. The fourth-order valence-electron chi connectivity index (χ4n) is 3.56. The molecule has 1 aliphatic carbocycles. The molecule has 0 amide bonds. The van der Waals surface area contributed by atoms with Crippen LogP contribution in [0.1, 0.15) is 19.3 Å². The van der Waals surface area contributed by atoms with Crippen molar-refractivity contribution in [3.8, 4) is 5.75 Å². The van der Waals surface area contributed by atoms with Gasteiger partial charge in [-0.2, -0.15) is 12.6 Å². The highest BCUT2D eigenvalue weighted by atomic mass is 32.1. The van der Waals surface area contributed by atoms with Crippen molar-refractivity contribution in [1.29, 1.82) is 0 Å². The van der Waals surface area contributed by atoms with Crippen LogP contribution in [0.4, 0.5) is 5.69 Å². The quantitative estimate of drug-likeness (QED) is 0.842. The standard InChI is InChI=1S/C17H26N2OS/c1-20-16-6-3-2-5-15(16)19-11-9-18(10-12-19)13-17(14-21)7-4-8-17/h2-3,5-6,21H,4,7-14H2,1H3. The summed E-state index contributed by atoms with van der Waals surface area (Å²) in [7, 11) is 1.75. The lowest BCUT2D eigenvalue weighted by Crippen LogP contribution is -2.52. The van der Waals surface area contributed by atoms with Gasteiger partial charge in [-0.3, -0.25) is 4.90 Å². The summed E-state index contributed by atoms with van der Waals surface area (Å²) >= 11 is 4.58. The molecule has 116 valence electrons. The number of hydrogen-bond donors (Lipinski definition) is 1. The third-order valence-corrected chi connectivity index (χ3v) is 5.78. The maximum atomic E-state index is 5.48. The van der Waals surface area contributed by atoms with Gasteiger partial charge in [-0.15, -0.1) is 0 Å². The van der Waals surface area contributed by atoms with Crippen LogP contribution >= 0.6 is 12.6 Å². The van der Waals surface area contributed by atoms with Crippen LogP contribution < -0.4 is 9.64 Å². The van der Waals surface area contributed by atoms with Gasteiger partial charge in [-0.05, 0) is 36.1 Å². The maximum Gasteiger partial charge on any atom is 0.142 e. The summed E-state index contributed by atoms with van der Waals surface area (Å²) in [6.45, 7) is 5.70. The van der Waals surface area contributed by atoms with Gasteiger partial charge >= 0.3 is 0 Å². The molecule has 1 aliphatic heterocycles. The monoisotopic (exact) mass is 306 g/mol. The molecule has 0 spiro atoms. The average Bonchev–Trinajstić information content (AvgIpc) is 2.51. The SMILES string of the molecule is COc1ccccc1N1CCN(CC2(CS)CCC2)CC1. The fourth-order valence-corrected chi connectivity index (χ4v) is 3.97. The molecule has 1 heterocycles. The lowest BCUT2D eigenvalue weighted by atomic mass is 9.70. The Labute approximate surface area is 133 Å². The predicted octanol–water partition coefficient (Wildman–Crippen LogP) is 2.92. The van der Waals surface area contributed by atoms with Gasteiger partial charge < -0.3 is 9.64 Å². The van der Waals surface area contributed by atoms with E-state index in [0.29, 0.717) is 5.41 Å². The number of anilines is 1. The molecule has 0 radical (unpaired) electrons. The van der Waals surface area contributed by atoms with E-state index >= 15 is 0 Å². The van der Waals surface area contributed by atoms with E-state index in [1.165, 1.54) is 31.5 Å². The minimum atomic E-state index is 0.510. The number of methoxy groups -OCH3 is 1. The summed E-state index contributed by atoms with van der Waals surface area (Å²) in [6.07, 6.45) is 4.12. The largest absolute Gasteiger partial charge is 0.495 e. The molecule has 1 saturated carbocycles. The molecule has 2 aliphatic rings. The van der Waals surface area contributed by atoms with Crippen molar-refractivity contribution in [2.75, 3.05) is 50.5 Å². The van der Waals surface area contributed by atoms with Gasteiger partial charge in [0.2, 0.25) is 0 Å². The molecule has 1 aromatic rings. The van der Waals surface area contributed by atoms with Crippen molar-refractivity contribution in [3.63, 3.8) is 0 Å². The molecule has 0 unspecified atom stereocenters. The Morgan fingerprint density at radius 3 is 2.43 bits per heavy atom. The highest BCUT2D eigenvalue weighted by Gasteiger charge is 2.37. The minimum Gasteiger partial charge on any atom is -0.495 e. The first-order valence-electron chi connectivity index (χ1n) is 7.97. The molecule has 3 nitrogen and oxygen atoms in total. The second-order valence-corrected chi connectivity index (χ2v) is 6.76. The predicted molar refractivity (Wildman–Crippen MR) is 91.8 cm³/mol. The van der Waals surface area contributed by atoms with E-state index in [4.69, 9.17) is 4.74 Å². The maximum absolute atomic E-state index is 5.48. The second-order valence-electron chi connectivity index (χ2n) is 6.45. The lowest BCUT2D eigenvalue weighted by Gasteiger charge is -2.46. The normalized spacial score (nSPS) is 21.9. The highest BCUT2D eigenvalue weighted by Crippen LogP contribution is 2.42. The van der Waals surface area contributed by atoms with E-state index in [-0.39, 0.29) is 0 Å². The molecule has 0 aromatic heterocycles. The van der Waals surface area contributed by atoms with Crippen LogP contribution in [0.5, 0.6) is 5.75 Å². The van der Waals surface area contributed by atoms with E-state index in [0.717, 1.165) is 37.7 Å². The minimum absolute atomic E-state index is 0.510. The molecule has 1 aromatic carbocycles. The van der Waals surface area contributed by atoms with Gasteiger partial charge in [0, 0.05) is 32.7 Å². The summed E-state index contributed by atoms with van der Waals surface area (Å²) in [6, 6.07) is 8.34. The average molecular weight is 306 g/mol. The first-order chi connectivity index (χ1) is 10.3. The molecule has 1 saturated heterocycles. The molecule has 4 heteroatoms. The number of nitrogens with zero attached hydrogens (tertiary/aromatic N) is 2. The van der Waals surface area contributed by atoms with Crippen molar-refractivity contribution in [2.24, 2.45) is 5.41 Å². The van der Waals surface area contributed by atoms with E-state index in [9.17, 15) is 0 Å². The number of thiol groups is 1. The number of ether oxygens (including phenoxy) is 1. The first kappa shape index (κ1) is 15.0. The number of hydrogen-bond acceptors (Lipinski definition) is 4. The van der Waals surface area contributed by atoms with Gasteiger partial charge in [0.05, 0.1) is 12.8 Å². The second kappa shape index (κ2) is 6.49. The number of piperazine rings is 1. The molecule has 0 N–H and O–H groups in total. The van der Waals surface area contributed by atoms with Crippen molar-refractivity contribution in [2.45, 2.75) is 19.3 Å². The summed E-state index contributed by atoms with van der Waals surface area (Å²) in [4.78, 5) is 5.07. The Hall–Kier alpha value is -0.870. The van der Waals surface area contributed by atoms with Crippen molar-refractivity contribution in [3.05, 3.63) is 24.3 Å². The third kappa shape index (κ3) is 3.16. The smallest absolute Gasteiger partial charge is 0.142 e. The van der Waals surface area contributed by atoms with Crippen LogP contribution in [-0.2, 0) is 0 Å². The van der Waals surface area contributed by atoms with Crippen LogP contribution in [0, 0.1) is 5.41 Å². The molecule has 2 fully saturated rings. The number of benzene rings is 1. The Bertz CT molecular complexity index is 462. The highest BCUT2D eigenvalue weighted by molar-refractivity contribution is 7.80. The van der Waals surface area contributed by atoms with Crippen molar-refractivity contribution in [1.82, 2.24) is 4.90 Å². The molecular weight excluding hydrogens is 280 g/mol. The molecule has 3 rings (SSSR count). The first-order valence-corrected chi connectivity index (χ1v) is 8.61. The van der Waals surface area contributed by atoms with Crippen LogP contribution in [0.2, 0.25) is 0 Å². The Balaban J connectivity index is 1.57. The summed E-state index contributed by atoms with van der Waals surface area (Å²) in [5.74, 6) is 2.02. The third-order valence-electron chi connectivity index (χ3n) is 5.11. The van der Waals surface area contributed by atoms with Gasteiger partial charge in [0.25, 0.3) is 0 Å². The Morgan fingerprint density at radius 2 is 1.86 bits per heavy atom. The van der Waals surface area contributed by atoms with Crippen molar-refractivity contribution < 1.29 is 4.74 Å². The Morgan fingerprint density at radius 1 is 1.14 bits per heavy atom. The summed E-state index contributed by atoms with van der Waals surface area (Å²) in [5, 5.41) is 0. The molecule has 0 atom stereocenters. The van der Waals surface area contributed by atoms with Gasteiger partial charge in [-0.1, -0.05) is 18.6 Å². The van der Waals surface area contributed by atoms with Gasteiger partial charge in [0.15, 0.2) is 0 Å². The van der Waals surface area contributed by atoms with E-state index < -0.39 is 0 Å². The van der Waals surface area contributed by atoms with E-state index in [1.54, 1.807) is 7.11 Å². The Kier molecular flexibility index (Phi) is 4.65. The number of rotatable bonds is 5. The summed E-state index contributed by atoms with van der Waals surface area (Å²) < 4.78 is 5.48. The molecule has 0 bridgehead atoms. The van der Waals surface area contributed by atoms with Crippen LogP contribution in [0.25, 0.3) is 0 Å². The topological polar surface area (TPSA) is 15.7 Å². The van der Waals surface area contributed by atoms with Crippen LogP contribution in [0.15, 0.2) is 24.3 Å². The van der Waals surface area contributed by atoms with Crippen LogP contribution in [-0.4, -0.2) is 50.5 Å². The fraction of sp³-hybridized carbons (Fsp3) is 0.647. The van der Waals surface area contributed by atoms with E-state index in [2.05, 4.69) is 34.6 Å².